The Morgan fingerprint density at radius 1 is 1.20 bits per heavy atom. The highest BCUT2D eigenvalue weighted by molar-refractivity contribution is 6.05. The first-order valence-corrected chi connectivity index (χ1v) is 6.94. The summed E-state index contributed by atoms with van der Waals surface area (Å²) in [5.41, 5.74) is -1.75. The van der Waals surface area contributed by atoms with E-state index >= 15 is 0 Å². The minimum absolute atomic E-state index is 0.224. The van der Waals surface area contributed by atoms with Crippen LogP contribution in [0.5, 0.6) is 0 Å². The number of carbonyl (C=O) groups excluding carboxylic acids is 3. The minimum Gasteiger partial charge on any atom is -0.455 e. The molecule has 0 bridgehead atoms. The third kappa shape index (κ3) is 2.34. The number of hydrogen-bond acceptors (Lipinski definition) is 4. The van der Waals surface area contributed by atoms with Crippen LogP contribution in [0.1, 0.15) is 54.9 Å². The lowest BCUT2D eigenvalue weighted by molar-refractivity contribution is -0.191. The number of imide groups is 1. The average Bonchev–Trinajstić information content (AvgIpc) is 2.35. The van der Waals surface area contributed by atoms with Crippen molar-refractivity contribution in [2.75, 3.05) is 6.61 Å². The zero-order valence-corrected chi connectivity index (χ0v) is 13.5. The Morgan fingerprint density at radius 3 is 2.10 bits per heavy atom. The van der Waals surface area contributed by atoms with Gasteiger partial charge in [0.15, 0.2) is 6.61 Å². The molecule has 1 aliphatic rings. The molecule has 0 aromatic heterocycles. The van der Waals surface area contributed by atoms with Gasteiger partial charge in [0, 0.05) is 0 Å². The predicted molar refractivity (Wildman–Crippen MR) is 74.7 cm³/mol. The van der Waals surface area contributed by atoms with E-state index in [2.05, 4.69) is 0 Å². The summed E-state index contributed by atoms with van der Waals surface area (Å²) >= 11 is 0. The lowest BCUT2D eigenvalue weighted by Gasteiger charge is -2.58. The first-order valence-electron chi connectivity index (χ1n) is 6.94. The zero-order chi connectivity index (χ0) is 15.9. The van der Waals surface area contributed by atoms with Crippen molar-refractivity contribution < 1.29 is 19.1 Å². The lowest BCUT2D eigenvalue weighted by Crippen LogP contribution is -2.75. The van der Waals surface area contributed by atoms with Gasteiger partial charge in [0.2, 0.25) is 5.91 Å². The van der Waals surface area contributed by atoms with Crippen LogP contribution in [0.2, 0.25) is 0 Å². The van der Waals surface area contributed by atoms with E-state index in [1.165, 1.54) is 4.90 Å². The molecule has 0 unspecified atom stereocenters. The summed E-state index contributed by atoms with van der Waals surface area (Å²) in [4.78, 5) is 37.1. The van der Waals surface area contributed by atoms with Gasteiger partial charge in [-0.15, -0.1) is 0 Å². The fourth-order valence-electron chi connectivity index (χ4n) is 1.98. The predicted octanol–water partition coefficient (Wildman–Crippen LogP) is 2.14. The summed E-state index contributed by atoms with van der Waals surface area (Å²) < 4.78 is 5.04. The third-order valence-electron chi connectivity index (χ3n) is 4.84. The topological polar surface area (TPSA) is 63.7 Å². The molecule has 1 rings (SSSR count). The molecule has 0 saturated carbocycles. The summed E-state index contributed by atoms with van der Waals surface area (Å²) in [6.07, 6.45) is 0.626. The minimum atomic E-state index is -0.617. The Labute approximate surface area is 120 Å². The molecule has 0 aromatic rings. The fourth-order valence-corrected chi connectivity index (χ4v) is 1.98. The second-order valence-electron chi connectivity index (χ2n) is 7.03. The van der Waals surface area contributed by atoms with Crippen LogP contribution in [0.25, 0.3) is 0 Å². The molecule has 0 spiro atoms. The molecule has 0 radical (unpaired) electrons. The molecule has 0 aliphatic carbocycles. The number of rotatable bonds is 4. The van der Waals surface area contributed by atoms with Crippen LogP contribution in [0.3, 0.4) is 0 Å². The second kappa shape index (κ2) is 4.86. The highest BCUT2D eigenvalue weighted by Gasteiger charge is 2.62. The van der Waals surface area contributed by atoms with E-state index in [1.807, 2.05) is 34.6 Å². The summed E-state index contributed by atoms with van der Waals surface area (Å²) in [5.74, 6) is -1.10. The maximum atomic E-state index is 12.1. The molecule has 1 fully saturated rings. The standard InChI is InChI=1S/C15H25NO4/c1-8-13(2,3)12(19)20-9-10(17)16-11(18)14(4,5)15(16,6)7/h8-9H2,1-7H3. The van der Waals surface area contributed by atoms with E-state index in [0.717, 1.165) is 0 Å². The van der Waals surface area contributed by atoms with Crippen molar-refractivity contribution in [2.45, 2.75) is 60.4 Å². The molecular weight excluding hydrogens is 258 g/mol. The van der Waals surface area contributed by atoms with Crippen LogP contribution in [-0.2, 0) is 19.1 Å². The summed E-state index contributed by atoms with van der Waals surface area (Å²) in [7, 11) is 0. The van der Waals surface area contributed by atoms with E-state index in [4.69, 9.17) is 4.74 Å². The summed E-state index contributed by atoms with van der Waals surface area (Å²) in [5, 5.41) is 0. The van der Waals surface area contributed by atoms with Crippen molar-refractivity contribution in [2.24, 2.45) is 10.8 Å². The normalized spacial score (nSPS) is 20.4. The monoisotopic (exact) mass is 283 g/mol. The molecule has 0 atom stereocenters. The number of likely N-dealkylation sites (tertiary alicyclic amines) is 1. The van der Waals surface area contributed by atoms with Crippen molar-refractivity contribution in [3.05, 3.63) is 0 Å². The van der Waals surface area contributed by atoms with Gasteiger partial charge < -0.3 is 4.74 Å². The van der Waals surface area contributed by atoms with Crippen LogP contribution in [-0.4, -0.2) is 34.8 Å². The van der Waals surface area contributed by atoms with E-state index in [9.17, 15) is 14.4 Å². The summed E-state index contributed by atoms with van der Waals surface area (Å²) in [6, 6.07) is 0. The zero-order valence-electron chi connectivity index (χ0n) is 13.5. The lowest BCUT2D eigenvalue weighted by atomic mass is 9.64. The molecule has 1 aliphatic heterocycles. The van der Waals surface area contributed by atoms with Crippen molar-refractivity contribution >= 4 is 17.8 Å². The first-order chi connectivity index (χ1) is 8.89. The smallest absolute Gasteiger partial charge is 0.312 e. The number of ether oxygens (including phenoxy) is 1. The largest absolute Gasteiger partial charge is 0.455 e. The number of amides is 2. The first kappa shape index (κ1) is 16.7. The van der Waals surface area contributed by atoms with Gasteiger partial charge in [0.25, 0.3) is 5.91 Å². The van der Waals surface area contributed by atoms with E-state index < -0.39 is 28.2 Å². The van der Waals surface area contributed by atoms with Crippen molar-refractivity contribution in [1.82, 2.24) is 4.90 Å². The van der Waals surface area contributed by atoms with Crippen LogP contribution in [0.15, 0.2) is 0 Å². The molecular formula is C15H25NO4. The van der Waals surface area contributed by atoms with Gasteiger partial charge in [0.1, 0.15) is 0 Å². The van der Waals surface area contributed by atoms with Crippen molar-refractivity contribution in [1.29, 1.82) is 0 Å². The molecule has 5 nitrogen and oxygen atoms in total. The third-order valence-corrected chi connectivity index (χ3v) is 4.84. The Balaban J connectivity index is 2.67. The molecule has 5 heteroatoms. The molecule has 1 heterocycles. The number of esters is 1. The number of nitrogens with zero attached hydrogens (tertiary/aromatic N) is 1. The van der Waals surface area contributed by atoms with E-state index in [0.29, 0.717) is 6.42 Å². The Bertz CT molecular complexity index is 449. The molecule has 0 N–H and O–H groups in total. The molecule has 1 saturated heterocycles. The maximum Gasteiger partial charge on any atom is 0.312 e. The number of β-lactam (4-membered cyclic amide) rings is 1. The Morgan fingerprint density at radius 2 is 1.70 bits per heavy atom. The van der Waals surface area contributed by atoms with Crippen molar-refractivity contribution in [3.63, 3.8) is 0 Å². The number of carbonyl (C=O) groups is 3. The molecule has 20 heavy (non-hydrogen) atoms. The highest BCUT2D eigenvalue weighted by Crippen LogP contribution is 2.47. The Kier molecular flexibility index (Phi) is 4.05. The SMILES string of the molecule is CCC(C)(C)C(=O)OCC(=O)N1C(=O)C(C)(C)C1(C)C. The van der Waals surface area contributed by atoms with Crippen molar-refractivity contribution in [3.8, 4) is 0 Å². The fraction of sp³-hybridized carbons (Fsp3) is 0.800. The van der Waals surface area contributed by atoms with E-state index in [-0.39, 0.29) is 12.5 Å². The van der Waals surface area contributed by atoms with E-state index in [1.54, 1.807) is 13.8 Å². The molecule has 0 aromatic carbocycles. The van der Waals surface area contributed by atoms with Crippen LogP contribution in [0, 0.1) is 10.8 Å². The van der Waals surface area contributed by atoms with Gasteiger partial charge in [-0.05, 0) is 48.0 Å². The van der Waals surface area contributed by atoms with Crippen LogP contribution in [0.4, 0.5) is 0 Å². The van der Waals surface area contributed by atoms with Gasteiger partial charge in [-0.1, -0.05) is 6.92 Å². The van der Waals surface area contributed by atoms with Crippen LogP contribution < -0.4 is 0 Å². The quantitative estimate of drug-likeness (QED) is 0.586. The van der Waals surface area contributed by atoms with Gasteiger partial charge in [0.05, 0.1) is 16.4 Å². The summed E-state index contributed by atoms with van der Waals surface area (Å²) in [6.45, 7) is 12.3. The Hall–Kier alpha value is -1.39. The maximum absolute atomic E-state index is 12.1. The van der Waals surface area contributed by atoms with Gasteiger partial charge in [-0.3, -0.25) is 19.3 Å². The van der Waals surface area contributed by atoms with Crippen LogP contribution >= 0.6 is 0 Å². The van der Waals surface area contributed by atoms with Gasteiger partial charge in [-0.25, -0.2) is 0 Å². The average molecular weight is 283 g/mol. The molecule has 114 valence electrons. The molecule has 2 amide bonds. The van der Waals surface area contributed by atoms with Gasteiger partial charge >= 0.3 is 5.97 Å². The highest BCUT2D eigenvalue weighted by atomic mass is 16.5. The number of hydrogen-bond donors (Lipinski definition) is 0. The second-order valence-corrected chi connectivity index (χ2v) is 7.03. The van der Waals surface area contributed by atoms with Gasteiger partial charge in [-0.2, -0.15) is 0 Å².